The smallest absolute Gasteiger partial charge is 0.278 e. The molecule has 2 rings (SSSR count). The van der Waals surface area contributed by atoms with Gasteiger partial charge in [0.25, 0.3) is 5.82 Å². The van der Waals surface area contributed by atoms with Crippen molar-refractivity contribution in [3.8, 4) is 0 Å². The molecule has 0 unspecified atom stereocenters. The number of aryl methyl sites for hydroxylation is 2. The summed E-state index contributed by atoms with van der Waals surface area (Å²) in [5.74, 6) is 1.81. The highest BCUT2D eigenvalue weighted by Crippen LogP contribution is 2.09. The highest BCUT2D eigenvalue weighted by atomic mass is 35.6. The number of hydrogen-bond donors (Lipinski definition) is 1. The summed E-state index contributed by atoms with van der Waals surface area (Å²) in [7, 11) is 0. The molecule has 0 spiro atoms. The van der Waals surface area contributed by atoms with Crippen molar-refractivity contribution in [2.75, 3.05) is 5.32 Å². The SMILES string of the molecule is Cc1cccc(Nc2cccc(C)[nH+]2)n1.ClC(Cl)Cl.[Cl-]. The van der Waals surface area contributed by atoms with Gasteiger partial charge in [0.15, 0.2) is 4.30 Å². The molecule has 2 heterocycles. The lowest BCUT2D eigenvalue weighted by molar-refractivity contribution is -0.370. The molecule has 0 fully saturated rings. The Labute approximate surface area is 140 Å². The number of alkyl halides is 3. The van der Waals surface area contributed by atoms with Crippen molar-refractivity contribution in [3.63, 3.8) is 0 Å². The van der Waals surface area contributed by atoms with Gasteiger partial charge in [-0.05, 0) is 26.0 Å². The first-order valence-electron chi connectivity index (χ1n) is 5.59. The molecule has 7 heteroatoms. The van der Waals surface area contributed by atoms with Crippen LogP contribution in [0.3, 0.4) is 0 Å². The first-order chi connectivity index (χ1) is 8.97. The number of nitrogens with one attached hydrogen (secondary N) is 2. The van der Waals surface area contributed by atoms with Crippen LogP contribution in [0.5, 0.6) is 0 Å². The Hall–Kier alpha value is -0.740. The number of aromatic nitrogens is 2. The van der Waals surface area contributed by atoms with Gasteiger partial charge in [0, 0.05) is 17.8 Å². The van der Waals surface area contributed by atoms with Crippen LogP contribution in [0.2, 0.25) is 0 Å². The highest BCUT2D eigenvalue weighted by molar-refractivity contribution is 6.63. The third kappa shape index (κ3) is 8.43. The van der Waals surface area contributed by atoms with Crippen LogP contribution < -0.4 is 22.7 Å². The van der Waals surface area contributed by atoms with E-state index in [1.54, 1.807) is 0 Å². The van der Waals surface area contributed by atoms with Crippen LogP contribution in [0.25, 0.3) is 0 Å². The van der Waals surface area contributed by atoms with Crippen LogP contribution in [-0.2, 0) is 0 Å². The Morgan fingerprint density at radius 3 is 2.20 bits per heavy atom. The number of halogens is 4. The molecule has 0 radical (unpaired) electrons. The van der Waals surface area contributed by atoms with Crippen molar-refractivity contribution in [3.05, 3.63) is 47.8 Å². The zero-order valence-corrected chi connectivity index (χ0v) is 14.0. The fourth-order valence-electron chi connectivity index (χ4n) is 1.41. The molecule has 110 valence electrons. The topological polar surface area (TPSA) is 39.1 Å². The zero-order chi connectivity index (χ0) is 14.3. The van der Waals surface area contributed by atoms with Crippen molar-refractivity contribution in [2.45, 2.75) is 18.1 Å². The minimum Gasteiger partial charge on any atom is -1.00 e. The summed E-state index contributed by atoms with van der Waals surface area (Å²) in [5, 5.41) is 3.22. The summed E-state index contributed by atoms with van der Waals surface area (Å²) in [6.07, 6.45) is 0. The standard InChI is InChI=1S/C12H13N3.CHCl3.ClH/c1-9-5-3-7-11(13-9)15-12-8-4-6-10(2)14-12;2-1(3)4;/h3-8H,1-2H3,(H,13,14,15);1H;1H. The molecule has 0 aliphatic carbocycles. The van der Waals surface area contributed by atoms with Crippen LogP contribution >= 0.6 is 34.8 Å². The van der Waals surface area contributed by atoms with Gasteiger partial charge < -0.3 is 12.4 Å². The fourth-order valence-corrected chi connectivity index (χ4v) is 1.41. The second-order valence-corrected chi connectivity index (χ2v) is 5.76. The van der Waals surface area contributed by atoms with E-state index in [2.05, 4.69) is 15.3 Å². The minimum atomic E-state index is -0.750. The molecule has 0 aliphatic heterocycles. The Balaban J connectivity index is 0.000000644. The van der Waals surface area contributed by atoms with Crippen LogP contribution in [0, 0.1) is 13.8 Å². The van der Waals surface area contributed by atoms with Gasteiger partial charge in [-0.1, -0.05) is 46.9 Å². The van der Waals surface area contributed by atoms with Gasteiger partial charge in [-0.2, -0.15) is 0 Å². The first-order valence-corrected chi connectivity index (χ1v) is 6.90. The first kappa shape index (κ1) is 19.3. The Kier molecular flexibility index (Phi) is 9.68. The lowest BCUT2D eigenvalue weighted by atomic mass is 10.3. The monoisotopic (exact) mass is 353 g/mol. The van der Waals surface area contributed by atoms with Crippen molar-refractivity contribution >= 4 is 46.4 Å². The number of nitrogens with zero attached hydrogens (tertiary/aromatic N) is 1. The van der Waals surface area contributed by atoms with Gasteiger partial charge in [0.05, 0.1) is 5.69 Å². The van der Waals surface area contributed by atoms with Gasteiger partial charge in [0.2, 0.25) is 5.82 Å². The summed E-state index contributed by atoms with van der Waals surface area (Å²) in [5.41, 5.74) is 2.13. The van der Waals surface area contributed by atoms with E-state index in [0.29, 0.717) is 0 Å². The molecule has 0 aliphatic rings. The lowest BCUT2D eigenvalue weighted by Gasteiger charge is -1.99. The quantitative estimate of drug-likeness (QED) is 0.824. The third-order valence-corrected chi connectivity index (χ3v) is 2.09. The number of hydrogen-bond acceptors (Lipinski definition) is 2. The van der Waals surface area contributed by atoms with E-state index >= 15 is 0 Å². The largest absolute Gasteiger partial charge is 1.00 e. The van der Waals surface area contributed by atoms with E-state index in [0.717, 1.165) is 23.0 Å². The maximum Gasteiger partial charge on any atom is 0.278 e. The van der Waals surface area contributed by atoms with E-state index in [-0.39, 0.29) is 12.4 Å². The molecule has 0 saturated heterocycles. The second kappa shape index (κ2) is 10.1. The van der Waals surface area contributed by atoms with Crippen LogP contribution in [0.15, 0.2) is 36.4 Å². The molecule has 0 bridgehead atoms. The van der Waals surface area contributed by atoms with E-state index in [1.165, 1.54) is 0 Å². The molecule has 3 nitrogen and oxygen atoms in total. The van der Waals surface area contributed by atoms with Crippen molar-refractivity contribution in [2.24, 2.45) is 0 Å². The Morgan fingerprint density at radius 1 is 1.05 bits per heavy atom. The second-order valence-electron chi connectivity index (χ2n) is 3.78. The molecule has 20 heavy (non-hydrogen) atoms. The fraction of sp³-hybridized carbons (Fsp3) is 0.231. The lowest BCUT2D eigenvalue weighted by Crippen LogP contribution is -3.00. The number of H-pyrrole nitrogens is 1. The van der Waals surface area contributed by atoms with Gasteiger partial charge in [0.1, 0.15) is 0 Å². The number of aromatic amines is 1. The summed E-state index contributed by atoms with van der Waals surface area (Å²) in [6, 6.07) is 11.9. The minimum absolute atomic E-state index is 0. The number of pyridine rings is 2. The maximum absolute atomic E-state index is 4.81. The van der Waals surface area contributed by atoms with Crippen LogP contribution in [0.4, 0.5) is 11.6 Å². The average Bonchev–Trinajstić information content (AvgIpc) is 2.28. The Bertz CT molecular complexity index is 474. The van der Waals surface area contributed by atoms with E-state index < -0.39 is 4.30 Å². The summed E-state index contributed by atoms with van der Waals surface area (Å²) < 4.78 is -0.750. The van der Waals surface area contributed by atoms with Crippen molar-refractivity contribution < 1.29 is 17.4 Å². The van der Waals surface area contributed by atoms with Gasteiger partial charge in [-0.3, -0.25) is 0 Å². The van der Waals surface area contributed by atoms with E-state index in [4.69, 9.17) is 34.8 Å². The van der Waals surface area contributed by atoms with E-state index in [9.17, 15) is 0 Å². The van der Waals surface area contributed by atoms with Crippen LogP contribution in [0.1, 0.15) is 11.4 Å². The van der Waals surface area contributed by atoms with Crippen molar-refractivity contribution in [1.82, 2.24) is 4.98 Å². The molecule has 0 saturated carbocycles. The van der Waals surface area contributed by atoms with E-state index in [1.807, 2.05) is 50.2 Å². The highest BCUT2D eigenvalue weighted by Gasteiger charge is 2.03. The van der Waals surface area contributed by atoms with Gasteiger partial charge in [-0.15, -0.1) is 0 Å². The molecule has 2 aromatic rings. The summed E-state index contributed by atoms with van der Waals surface area (Å²) in [4.78, 5) is 7.59. The number of anilines is 2. The van der Waals surface area contributed by atoms with Gasteiger partial charge in [-0.25, -0.2) is 15.3 Å². The molecule has 2 aromatic heterocycles. The Morgan fingerprint density at radius 2 is 1.65 bits per heavy atom. The number of rotatable bonds is 2. The summed E-state index contributed by atoms with van der Waals surface area (Å²) in [6.45, 7) is 4.00. The summed E-state index contributed by atoms with van der Waals surface area (Å²) >= 11 is 14.4. The van der Waals surface area contributed by atoms with Crippen molar-refractivity contribution in [1.29, 1.82) is 0 Å². The molecule has 0 aromatic carbocycles. The average molecular weight is 355 g/mol. The predicted octanol–water partition coefficient (Wildman–Crippen LogP) is 1.25. The zero-order valence-electron chi connectivity index (χ0n) is 11.0. The normalized spacial score (nSPS) is 9.30. The van der Waals surface area contributed by atoms with Crippen LogP contribution in [-0.4, -0.2) is 9.28 Å². The third-order valence-electron chi connectivity index (χ3n) is 2.09. The predicted molar refractivity (Wildman–Crippen MR) is 81.3 cm³/mol. The molecule has 2 N–H and O–H groups in total. The maximum atomic E-state index is 4.81. The molecular weight excluding hydrogens is 340 g/mol. The molecular formula is C13H15Cl4N3. The molecule has 0 amide bonds. The molecule has 0 atom stereocenters. The van der Waals surface area contributed by atoms with Gasteiger partial charge >= 0.3 is 0 Å².